The SMILES string of the molecule is C=CCCCCOC(=O)[C@H]1[C@H]2C(=O)N([C@@H](CC)CO)C(C(=O)N(CC=C)c3ccccc3Cl)C23CC[C@]1(C)O3. The lowest BCUT2D eigenvalue weighted by atomic mass is 9.66. The number of fused-ring (bicyclic) bond motifs is 1. The van der Waals surface area contributed by atoms with E-state index in [9.17, 15) is 19.5 Å². The summed E-state index contributed by atoms with van der Waals surface area (Å²) in [6.45, 7) is 11.3. The molecule has 2 unspecified atom stereocenters. The van der Waals surface area contributed by atoms with Crippen LogP contribution < -0.4 is 4.90 Å². The number of halogens is 1. The molecular weight excluding hydrogens is 520 g/mol. The molecule has 2 bridgehead atoms. The summed E-state index contributed by atoms with van der Waals surface area (Å²) in [5.41, 5.74) is -1.67. The first-order chi connectivity index (χ1) is 18.7. The smallest absolute Gasteiger partial charge is 0.312 e. The Morgan fingerprint density at radius 1 is 1.28 bits per heavy atom. The first-order valence-electron chi connectivity index (χ1n) is 13.8. The maximum absolute atomic E-state index is 14.5. The summed E-state index contributed by atoms with van der Waals surface area (Å²) in [6, 6.07) is 5.33. The summed E-state index contributed by atoms with van der Waals surface area (Å²) in [6.07, 6.45) is 7.16. The second-order valence-corrected chi connectivity index (χ2v) is 11.3. The average molecular weight is 559 g/mol. The Bertz CT molecular complexity index is 1120. The van der Waals surface area contributed by atoms with E-state index in [0.717, 1.165) is 12.8 Å². The van der Waals surface area contributed by atoms with Crippen LogP contribution in [0.1, 0.15) is 52.4 Å². The van der Waals surface area contributed by atoms with Gasteiger partial charge in [-0.15, -0.1) is 13.2 Å². The van der Waals surface area contributed by atoms with Gasteiger partial charge in [-0.25, -0.2) is 0 Å². The highest BCUT2D eigenvalue weighted by Gasteiger charge is 2.79. The molecule has 3 aliphatic rings. The molecule has 3 saturated heterocycles. The van der Waals surface area contributed by atoms with Gasteiger partial charge < -0.3 is 24.4 Å². The van der Waals surface area contributed by atoms with Crippen molar-refractivity contribution >= 4 is 35.1 Å². The van der Waals surface area contributed by atoms with Crippen molar-refractivity contribution in [2.45, 2.75) is 75.7 Å². The number of likely N-dealkylation sites (tertiary alicyclic amines) is 1. The third-order valence-corrected chi connectivity index (χ3v) is 8.87. The number of aliphatic hydroxyl groups excluding tert-OH is 1. The Morgan fingerprint density at radius 3 is 2.67 bits per heavy atom. The van der Waals surface area contributed by atoms with Gasteiger partial charge in [0.1, 0.15) is 17.6 Å². The van der Waals surface area contributed by atoms with Gasteiger partial charge in [-0.1, -0.05) is 42.8 Å². The molecule has 3 fully saturated rings. The van der Waals surface area contributed by atoms with Gasteiger partial charge in [0, 0.05) is 6.54 Å². The molecule has 0 radical (unpaired) electrons. The molecule has 1 N–H and O–H groups in total. The summed E-state index contributed by atoms with van der Waals surface area (Å²) in [5.74, 6) is -2.95. The lowest BCUT2D eigenvalue weighted by Crippen LogP contribution is -2.59. The minimum Gasteiger partial charge on any atom is -0.465 e. The van der Waals surface area contributed by atoms with E-state index in [0.29, 0.717) is 36.4 Å². The van der Waals surface area contributed by atoms with Gasteiger partial charge in [0.2, 0.25) is 5.91 Å². The van der Waals surface area contributed by atoms with Crippen molar-refractivity contribution in [3.63, 3.8) is 0 Å². The summed E-state index contributed by atoms with van der Waals surface area (Å²) < 4.78 is 12.3. The van der Waals surface area contributed by atoms with Crippen molar-refractivity contribution in [1.82, 2.24) is 4.90 Å². The summed E-state index contributed by atoms with van der Waals surface area (Å²) >= 11 is 6.50. The number of anilines is 1. The van der Waals surface area contributed by atoms with E-state index in [1.54, 1.807) is 30.3 Å². The van der Waals surface area contributed by atoms with Gasteiger partial charge in [-0.2, -0.15) is 0 Å². The average Bonchev–Trinajstić information content (AvgIpc) is 3.49. The van der Waals surface area contributed by atoms with Crippen molar-refractivity contribution in [3.05, 3.63) is 54.6 Å². The van der Waals surface area contributed by atoms with Crippen LogP contribution in [0.2, 0.25) is 5.02 Å². The highest BCUT2D eigenvalue weighted by atomic mass is 35.5. The highest BCUT2D eigenvalue weighted by Crippen LogP contribution is 2.64. The van der Waals surface area contributed by atoms with Crippen molar-refractivity contribution < 1.29 is 29.0 Å². The van der Waals surface area contributed by atoms with E-state index < -0.39 is 41.1 Å². The molecule has 6 atom stereocenters. The molecule has 0 aliphatic carbocycles. The zero-order valence-corrected chi connectivity index (χ0v) is 23.6. The molecule has 3 aliphatic heterocycles. The monoisotopic (exact) mass is 558 g/mol. The van der Waals surface area contributed by atoms with E-state index in [-0.39, 0.29) is 31.6 Å². The van der Waals surface area contributed by atoms with Crippen LogP contribution in [0, 0.1) is 11.8 Å². The fourth-order valence-electron chi connectivity index (χ4n) is 6.72. The quantitative estimate of drug-likeness (QED) is 0.220. The number of allylic oxidation sites excluding steroid dienone is 1. The number of carbonyl (C=O) groups excluding carboxylic acids is 3. The fourth-order valence-corrected chi connectivity index (χ4v) is 6.95. The summed E-state index contributed by atoms with van der Waals surface area (Å²) in [5, 5.41) is 10.6. The van der Waals surface area contributed by atoms with Gasteiger partial charge in [-0.3, -0.25) is 14.4 Å². The Hall–Kier alpha value is -2.68. The maximum Gasteiger partial charge on any atom is 0.312 e. The number of hydrogen-bond acceptors (Lipinski definition) is 6. The summed E-state index contributed by atoms with van der Waals surface area (Å²) in [7, 11) is 0. The normalized spacial score (nSPS) is 29.7. The fraction of sp³-hybridized carbons (Fsp3) is 0.567. The van der Waals surface area contributed by atoms with Crippen molar-refractivity contribution in [2.24, 2.45) is 11.8 Å². The van der Waals surface area contributed by atoms with Gasteiger partial charge >= 0.3 is 5.97 Å². The van der Waals surface area contributed by atoms with Crippen LogP contribution >= 0.6 is 11.6 Å². The standard InChI is InChI=1S/C30H39ClN2O6/c1-5-8-9-12-18-38-28(37)24-23-26(35)33(20(7-3)19-34)25(30(23)16-15-29(24,4)39-30)27(36)32(17-6-2)22-14-11-10-13-21(22)31/h5-6,10-11,13-14,20,23-25,34H,1-2,7-9,12,15-19H2,3-4H3/t20-,23-,24+,25?,29-,30?/m0/s1. The van der Waals surface area contributed by atoms with Gasteiger partial charge in [0.15, 0.2) is 0 Å². The number of rotatable bonds is 13. The molecule has 212 valence electrons. The van der Waals surface area contributed by atoms with Crippen LogP contribution in [0.4, 0.5) is 5.69 Å². The minimum atomic E-state index is -1.22. The Morgan fingerprint density at radius 2 is 2.03 bits per heavy atom. The lowest BCUT2D eigenvalue weighted by molar-refractivity contribution is -0.160. The van der Waals surface area contributed by atoms with Crippen molar-refractivity contribution in [3.8, 4) is 0 Å². The van der Waals surface area contributed by atoms with Crippen LogP contribution in [0.15, 0.2) is 49.6 Å². The molecule has 1 spiro atoms. The molecule has 3 heterocycles. The van der Waals surface area contributed by atoms with Crippen LogP contribution in [0.3, 0.4) is 0 Å². The first kappa shape index (κ1) is 29.3. The molecule has 39 heavy (non-hydrogen) atoms. The number of unbranched alkanes of at least 4 members (excludes halogenated alkanes) is 2. The number of nitrogens with zero attached hydrogens (tertiary/aromatic N) is 2. The predicted octanol–water partition coefficient (Wildman–Crippen LogP) is 4.29. The largest absolute Gasteiger partial charge is 0.465 e. The number of para-hydroxylation sites is 1. The number of benzene rings is 1. The van der Waals surface area contributed by atoms with E-state index in [1.165, 1.54) is 9.80 Å². The van der Waals surface area contributed by atoms with Crippen LogP contribution in [0.5, 0.6) is 0 Å². The zero-order valence-electron chi connectivity index (χ0n) is 22.8. The lowest BCUT2D eigenvalue weighted by Gasteiger charge is -2.39. The molecule has 8 nitrogen and oxygen atoms in total. The molecule has 0 aromatic heterocycles. The molecule has 0 saturated carbocycles. The summed E-state index contributed by atoms with van der Waals surface area (Å²) in [4.78, 5) is 45.2. The van der Waals surface area contributed by atoms with Crippen LogP contribution in [-0.4, -0.2) is 70.8 Å². The number of hydrogen-bond donors (Lipinski definition) is 1. The van der Waals surface area contributed by atoms with Gasteiger partial charge in [-0.05, 0) is 57.6 Å². The molecule has 2 amide bonds. The second kappa shape index (κ2) is 11.8. The van der Waals surface area contributed by atoms with E-state index in [4.69, 9.17) is 21.1 Å². The van der Waals surface area contributed by atoms with Crippen molar-refractivity contribution in [2.75, 3.05) is 24.7 Å². The number of aliphatic hydroxyl groups is 1. The topological polar surface area (TPSA) is 96.4 Å². The number of esters is 1. The number of amides is 2. The van der Waals surface area contributed by atoms with Crippen LogP contribution in [0.25, 0.3) is 0 Å². The molecule has 1 aromatic rings. The molecule has 9 heteroatoms. The minimum absolute atomic E-state index is 0.158. The van der Waals surface area contributed by atoms with Gasteiger partial charge in [0.25, 0.3) is 5.91 Å². The Kier molecular flexibility index (Phi) is 8.88. The third-order valence-electron chi connectivity index (χ3n) is 8.55. The Labute approximate surface area is 235 Å². The first-order valence-corrected chi connectivity index (χ1v) is 14.2. The van der Waals surface area contributed by atoms with E-state index in [2.05, 4.69) is 13.2 Å². The predicted molar refractivity (Wildman–Crippen MR) is 149 cm³/mol. The molecular formula is C30H39ClN2O6. The zero-order chi connectivity index (χ0) is 28.4. The second-order valence-electron chi connectivity index (χ2n) is 10.9. The molecule has 1 aromatic carbocycles. The van der Waals surface area contributed by atoms with Gasteiger partial charge in [0.05, 0.1) is 41.5 Å². The molecule has 4 rings (SSSR count). The van der Waals surface area contributed by atoms with Crippen molar-refractivity contribution in [1.29, 1.82) is 0 Å². The maximum atomic E-state index is 14.5. The highest BCUT2D eigenvalue weighted by molar-refractivity contribution is 6.34. The number of ether oxygens (including phenoxy) is 2. The Balaban J connectivity index is 1.74. The van der Waals surface area contributed by atoms with Crippen LogP contribution in [-0.2, 0) is 23.9 Å². The van der Waals surface area contributed by atoms with E-state index >= 15 is 0 Å². The third kappa shape index (κ3) is 4.92. The van der Waals surface area contributed by atoms with E-state index in [1.807, 2.05) is 19.9 Å². The number of carbonyl (C=O) groups is 3.